The largest absolute Gasteiger partial charge is 0.482 e. The summed E-state index contributed by atoms with van der Waals surface area (Å²) in [4.78, 5) is 12.4. The van der Waals surface area contributed by atoms with Crippen LogP contribution in [0.3, 0.4) is 0 Å². The molecule has 0 aliphatic heterocycles. The van der Waals surface area contributed by atoms with Crippen LogP contribution in [0, 0.1) is 5.82 Å². The predicted molar refractivity (Wildman–Crippen MR) is 108 cm³/mol. The lowest BCUT2D eigenvalue weighted by atomic mass is 9.93. The zero-order valence-corrected chi connectivity index (χ0v) is 16.5. The monoisotopic (exact) mass is 413 g/mol. The lowest BCUT2D eigenvalue weighted by molar-refractivity contribution is -0.123. The average Bonchev–Trinajstić information content (AvgIpc) is 3.12. The lowest BCUT2D eigenvalue weighted by Crippen LogP contribution is -2.34. The zero-order chi connectivity index (χ0) is 20.2. The van der Waals surface area contributed by atoms with Gasteiger partial charge >= 0.3 is 0 Å². The second-order valence-corrected chi connectivity index (χ2v) is 7.47. The number of carbonyl (C=O) groups excluding carboxylic acids is 1. The molecule has 29 heavy (non-hydrogen) atoms. The summed E-state index contributed by atoms with van der Waals surface area (Å²) in [6, 6.07) is 13.9. The third kappa shape index (κ3) is 4.59. The maximum absolute atomic E-state index is 13.1. The number of ether oxygens (including phenoxy) is 1. The van der Waals surface area contributed by atoms with Crippen LogP contribution in [0.1, 0.15) is 35.7 Å². The van der Waals surface area contributed by atoms with Gasteiger partial charge in [-0.3, -0.25) is 9.48 Å². The van der Waals surface area contributed by atoms with Crippen molar-refractivity contribution in [3.05, 3.63) is 82.4 Å². The number of carbonyl (C=O) groups is 1. The molecule has 1 aromatic heterocycles. The summed E-state index contributed by atoms with van der Waals surface area (Å²) < 4.78 is 20.6. The molecule has 1 unspecified atom stereocenters. The maximum Gasteiger partial charge on any atom is 0.258 e. The predicted octanol–water partition coefficient (Wildman–Crippen LogP) is 4.30. The van der Waals surface area contributed by atoms with Crippen LogP contribution in [-0.4, -0.2) is 22.3 Å². The Morgan fingerprint density at radius 2 is 2.10 bits per heavy atom. The topological polar surface area (TPSA) is 56.1 Å². The second kappa shape index (κ2) is 8.66. The molecule has 0 fully saturated rings. The summed E-state index contributed by atoms with van der Waals surface area (Å²) in [6.45, 7) is 0.526. The van der Waals surface area contributed by atoms with Crippen LogP contribution in [0.2, 0.25) is 5.02 Å². The number of nitrogens with one attached hydrogen (secondary N) is 1. The summed E-state index contributed by atoms with van der Waals surface area (Å²) in [6.07, 6.45) is 4.62. The molecule has 0 radical (unpaired) electrons. The van der Waals surface area contributed by atoms with Crippen molar-refractivity contribution in [3.63, 3.8) is 0 Å². The molecule has 1 atom stereocenters. The van der Waals surface area contributed by atoms with E-state index in [1.165, 1.54) is 17.7 Å². The van der Waals surface area contributed by atoms with Gasteiger partial charge in [-0.15, -0.1) is 0 Å². The minimum atomic E-state index is -0.450. The molecule has 0 saturated heterocycles. The number of amides is 1. The zero-order valence-electron chi connectivity index (χ0n) is 15.8. The Bertz CT molecular complexity index is 1010. The van der Waals surface area contributed by atoms with Crippen LogP contribution in [0.5, 0.6) is 5.75 Å². The summed E-state index contributed by atoms with van der Waals surface area (Å²) in [5, 5.41) is 7.70. The van der Waals surface area contributed by atoms with E-state index in [0.717, 1.165) is 36.6 Å². The molecule has 5 nitrogen and oxygen atoms in total. The van der Waals surface area contributed by atoms with Gasteiger partial charge in [0.15, 0.2) is 6.61 Å². The molecule has 3 aromatic rings. The molecular formula is C22H21ClFN3O2. The van der Waals surface area contributed by atoms with Crippen LogP contribution in [0.15, 0.2) is 54.7 Å². The summed E-state index contributed by atoms with van der Waals surface area (Å²) >= 11 is 5.93. The average molecular weight is 414 g/mol. The highest BCUT2D eigenvalue weighted by molar-refractivity contribution is 6.32. The van der Waals surface area contributed by atoms with Crippen molar-refractivity contribution >= 4 is 17.5 Å². The van der Waals surface area contributed by atoms with Crippen molar-refractivity contribution in [2.45, 2.75) is 31.8 Å². The van der Waals surface area contributed by atoms with Gasteiger partial charge in [0, 0.05) is 11.3 Å². The first-order chi connectivity index (χ1) is 14.1. The lowest BCUT2D eigenvalue weighted by Gasteiger charge is -2.24. The Kier molecular flexibility index (Phi) is 5.81. The molecule has 1 N–H and O–H groups in total. The van der Waals surface area contributed by atoms with Gasteiger partial charge in [-0.05, 0) is 43.0 Å². The number of hydrogen-bond donors (Lipinski definition) is 1. The fraction of sp³-hybridized carbons (Fsp3) is 0.273. The van der Waals surface area contributed by atoms with Gasteiger partial charge in [0.2, 0.25) is 0 Å². The number of hydrogen-bond acceptors (Lipinski definition) is 3. The number of aromatic nitrogens is 2. The van der Waals surface area contributed by atoms with E-state index in [2.05, 4.69) is 22.5 Å². The summed E-state index contributed by atoms with van der Waals surface area (Å²) in [7, 11) is 0. The number of rotatable bonds is 6. The number of halogens is 2. The third-order valence-corrected chi connectivity index (χ3v) is 5.32. The van der Waals surface area contributed by atoms with E-state index in [1.807, 2.05) is 29.1 Å². The van der Waals surface area contributed by atoms with E-state index in [1.54, 1.807) is 0 Å². The first-order valence-corrected chi connectivity index (χ1v) is 9.93. The SMILES string of the molecule is O=C(COc1ccc(F)cc1Cl)NC1CCCc2c1cnn2Cc1ccccc1. The standard InChI is InChI=1S/C22H21ClFN3O2/c23-18-11-16(24)9-10-21(18)29-14-22(28)26-19-7-4-8-20-17(19)12-25-27(20)13-15-5-2-1-3-6-15/h1-3,5-6,9-12,19H,4,7-8,13-14H2,(H,26,28). The molecule has 1 amide bonds. The van der Waals surface area contributed by atoms with Crippen LogP contribution in [0.4, 0.5) is 4.39 Å². The minimum absolute atomic E-state index is 0.0944. The first kappa shape index (κ1) is 19.5. The smallest absolute Gasteiger partial charge is 0.258 e. The maximum atomic E-state index is 13.1. The van der Waals surface area contributed by atoms with E-state index >= 15 is 0 Å². The molecular weight excluding hydrogens is 393 g/mol. The number of benzene rings is 2. The van der Waals surface area contributed by atoms with Crippen molar-refractivity contribution in [1.82, 2.24) is 15.1 Å². The Morgan fingerprint density at radius 1 is 1.28 bits per heavy atom. The Morgan fingerprint density at radius 3 is 2.90 bits per heavy atom. The molecule has 7 heteroatoms. The van der Waals surface area contributed by atoms with E-state index in [-0.39, 0.29) is 29.3 Å². The summed E-state index contributed by atoms with van der Waals surface area (Å²) in [5.74, 6) is -0.420. The van der Waals surface area contributed by atoms with Gasteiger partial charge in [0.05, 0.1) is 23.8 Å². The number of fused-ring (bicyclic) bond motifs is 1. The Hall–Kier alpha value is -2.86. The van der Waals surface area contributed by atoms with E-state index in [9.17, 15) is 9.18 Å². The van der Waals surface area contributed by atoms with Crippen LogP contribution >= 0.6 is 11.6 Å². The molecule has 2 aromatic carbocycles. The summed E-state index contributed by atoms with van der Waals surface area (Å²) in [5.41, 5.74) is 3.40. The van der Waals surface area contributed by atoms with Crippen molar-refractivity contribution in [1.29, 1.82) is 0 Å². The fourth-order valence-corrected chi connectivity index (χ4v) is 3.85. The molecule has 4 rings (SSSR count). The highest BCUT2D eigenvalue weighted by atomic mass is 35.5. The molecule has 150 valence electrons. The van der Waals surface area contributed by atoms with E-state index in [0.29, 0.717) is 6.54 Å². The highest BCUT2D eigenvalue weighted by Gasteiger charge is 2.25. The van der Waals surface area contributed by atoms with Crippen molar-refractivity contribution < 1.29 is 13.9 Å². The minimum Gasteiger partial charge on any atom is -0.482 e. The highest BCUT2D eigenvalue weighted by Crippen LogP contribution is 2.30. The molecule has 0 spiro atoms. The fourth-order valence-electron chi connectivity index (χ4n) is 3.63. The molecule has 0 saturated carbocycles. The first-order valence-electron chi connectivity index (χ1n) is 9.56. The van der Waals surface area contributed by atoms with Gasteiger partial charge in [0.1, 0.15) is 11.6 Å². The van der Waals surface area contributed by atoms with E-state index in [4.69, 9.17) is 16.3 Å². The normalized spacial score (nSPS) is 15.6. The van der Waals surface area contributed by atoms with Crippen molar-refractivity contribution in [3.8, 4) is 5.75 Å². The van der Waals surface area contributed by atoms with Gasteiger partial charge in [-0.2, -0.15) is 5.10 Å². The molecule has 1 aliphatic carbocycles. The van der Waals surface area contributed by atoms with Crippen LogP contribution in [-0.2, 0) is 17.8 Å². The van der Waals surface area contributed by atoms with Gasteiger partial charge in [-0.25, -0.2) is 4.39 Å². The Balaban J connectivity index is 1.40. The third-order valence-electron chi connectivity index (χ3n) is 5.03. The van der Waals surface area contributed by atoms with Crippen LogP contribution < -0.4 is 10.1 Å². The molecule has 1 heterocycles. The van der Waals surface area contributed by atoms with Gasteiger partial charge in [0.25, 0.3) is 5.91 Å². The van der Waals surface area contributed by atoms with Crippen LogP contribution in [0.25, 0.3) is 0 Å². The van der Waals surface area contributed by atoms with Gasteiger partial charge < -0.3 is 10.1 Å². The Labute approximate surface area is 173 Å². The van der Waals surface area contributed by atoms with Crippen molar-refractivity contribution in [2.75, 3.05) is 6.61 Å². The van der Waals surface area contributed by atoms with E-state index < -0.39 is 5.82 Å². The quantitative estimate of drug-likeness (QED) is 0.655. The molecule has 1 aliphatic rings. The van der Waals surface area contributed by atoms with Gasteiger partial charge in [-0.1, -0.05) is 41.9 Å². The molecule has 0 bridgehead atoms. The van der Waals surface area contributed by atoms with Crippen molar-refractivity contribution in [2.24, 2.45) is 0 Å². The second-order valence-electron chi connectivity index (χ2n) is 7.07. The number of nitrogens with zero attached hydrogens (tertiary/aromatic N) is 2.